The molecule has 2 rings (SSSR count). The van der Waals surface area contributed by atoms with Crippen molar-refractivity contribution in [2.24, 2.45) is 0 Å². The number of methoxy groups -OCH3 is 1. The van der Waals surface area contributed by atoms with Crippen molar-refractivity contribution >= 4 is 17.4 Å². The predicted octanol–water partition coefficient (Wildman–Crippen LogP) is 1.11. The number of hydrogen-bond donors (Lipinski definition) is 1. The molecule has 0 bridgehead atoms. The van der Waals surface area contributed by atoms with Crippen molar-refractivity contribution in [1.29, 1.82) is 0 Å². The van der Waals surface area contributed by atoms with Gasteiger partial charge in [0.25, 0.3) is 11.7 Å². The lowest BCUT2D eigenvalue weighted by Crippen LogP contribution is -2.13. The van der Waals surface area contributed by atoms with Gasteiger partial charge in [-0.2, -0.15) is 0 Å². The largest absolute Gasteiger partial charge is 0.493 e. The first-order valence-electron chi connectivity index (χ1n) is 3.98. The molecular formula is C9H5F2NO3. The first-order chi connectivity index (χ1) is 7.06. The normalized spacial score (nSPS) is 13.8. The van der Waals surface area contributed by atoms with Crippen LogP contribution in [0.25, 0.3) is 0 Å². The van der Waals surface area contributed by atoms with E-state index in [0.29, 0.717) is 6.07 Å². The van der Waals surface area contributed by atoms with Crippen LogP contribution in [0.3, 0.4) is 0 Å². The molecule has 1 aliphatic heterocycles. The predicted molar refractivity (Wildman–Crippen MR) is 45.9 cm³/mol. The second-order valence-electron chi connectivity index (χ2n) is 2.91. The van der Waals surface area contributed by atoms with E-state index in [1.165, 1.54) is 0 Å². The molecule has 6 heteroatoms. The van der Waals surface area contributed by atoms with E-state index in [9.17, 15) is 18.4 Å². The zero-order chi connectivity index (χ0) is 11.2. The first kappa shape index (κ1) is 9.57. The number of Topliss-reactive ketones (excluding diaryl/α,β-unsaturated/α-hetero) is 1. The van der Waals surface area contributed by atoms with Gasteiger partial charge in [-0.05, 0) is 0 Å². The highest BCUT2D eigenvalue weighted by atomic mass is 19.1. The minimum Gasteiger partial charge on any atom is -0.493 e. The van der Waals surface area contributed by atoms with E-state index in [2.05, 4.69) is 4.74 Å². The molecule has 0 saturated heterocycles. The number of rotatable bonds is 1. The van der Waals surface area contributed by atoms with Crippen LogP contribution >= 0.6 is 0 Å². The Morgan fingerprint density at radius 3 is 2.53 bits per heavy atom. The number of benzene rings is 1. The van der Waals surface area contributed by atoms with Crippen molar-refractivity contribution in [1.82, 2.24) is 0 Å². The average Bonchev–Trinajstić information content (AvgIpc) is 2.46. The summed E-state index contributed by atoms with van der Waals surface area (Å²) in [6.45, 7) is 0. The Hall–Kier alpha value is -1.98. The summed E-state index contributed by atoms with van der Waals surface area (Å²) in [5, 5.41) is 2.01. The maximum absolute atomic E-state index is 13.2. The van der Waals surface area contributed by atoms with Gasteiger partial charge in [-0.25, -0.2) is 8.78 Å². The highest BCUT2D eigenvalue weighted by Gasteiger charge is 2.35. The molecule has 0 atom stereocenters. The van der Waals surface area contributed by atoms with Gasteiger partial charge >= 0.3 is 0 Å². The molecule has 0 radical (unpaired) electrons. The maximum atomic E-state index is 13.2. The Bertz CT molecular complexity index is 485. The third-order valence-electron chi connectivity index (χ3n) is 2.06. The standard InChI is InChI=1S/C9H5F2NO3/c1-15-8-4(11)2-3(10)6-5(8)7(13)9(14)12-6/h2H,1H3,(H,12,13,14). The van der Waals surface area contributed by atoms with Crippen molar-refractivity contribution in [3.63, 3.8) is 0 Å². The number of carbonyl (C=O) groups excluding carboxylic acids is 2. The van der Waals surface area contributed by atoms with Crippen molar-refractivity contribution in [2.45, 2.75) is 0 Å². The maximum Gasteiger partial charge on any atom is 0.297 e. The molecular weight excluding hydrogens is 208 g/mol. The van der Waals surface area contributed by atoms with Gasteiger partial charge in [0.1, 0.15) is 0 Å². The van der Waals surface area contributed by atoms with Crippen LogP contribution in [0.15, 0.2) is 6.07 Å². The summed E-state index contributed by atoms with van der Waals surface area (Å²) in [6, 6.07) is 0.552. The highest BCUT2D eigenvalue weighted by molar-refractivity contribution is 6.52. The van der Waals surface area contributed by atoms with Crippen LogP contribution in [-0.2, 0) is 4.79 Å². The molecule has 1 heterocycles. The third kappa shape index (κ3) is 1.18. The molecule has 0 unspecified atom stereocenters. The zero-order valence-electron chi connectivity index (χ0n) is 7.56. The van der Waals surface area contributed by atoms with Crippen LogP contribution < -0.4 is 10.1 Å². The van der Waals surface area contributed by atoms with E-state index in [1.54, 1.807) is 0 Å². The summed E-state index contributed by atoms with van der Waals surface area (Å²) >= 11 is 0. The topological polar surface area (TPSA) is 55.4 Å². The van der Waals surface area contributed by atoms with Gasteiger partial charge in [-0.3, -0.25) is 9.59 Å². The quantitative estimate of drug-likeness (QED) is 0.711. The SMILES string of the molecule is COc1c(F)cc(F)c2c1C(=O)C(=O)N2. The van der Waals surface area contributed by atoms with Crippen molar-refractivity contribution < 1.29 is 23.1 Å². The molecule has 0 saturated carbocycles. The van der Waals surface area contributed by atoms with Crippen LogP contribution in [0.5, 0.6) is 5.75 Å². The summed E-state index contributed by atoms with van der Waals surface area (Å²) in [4.78, 5) is 22.2. The molecule has 1 amide bonds. The summed E-state index contributed by atoms with van der Waals surface area (Å²) in [5.74, 6) is -4.43. The van der Waals surface area contributed by atoms with Gasteiger partial charge in [0.05, 0.1) is 18.4 Å². The van der Waals surface area contributed by atoms with Crippen LogP contribution in [0.2, 0.25) is 0 Å². The molecule has 15 heavy (non-hydrogen) atoms. The van der Waals surface area contributed by atoms with Crippen molar-refractivity contribution in [3.8, 4) is 5.75 Å². The Morgan fingerprint density at radius 2 is 1.93 bits per heavy atom. The number of fused-ring (bicyclic) bond motifs is 1. The molecule has 1 aliphatic rings. The van der Waals surface area contributed by atoms with E-state index in [0.717, 1.165) is 7.11 Å². The van der Waals surface area contributed by atoms with Crippen LogP contribution in [0, 0.1) is 11.6 Å². The summed E-state index contributed by atoms with van der Waals surface area (Å²) in [5.41, 5.74) is -0.719. The second kappa shape index (κ2) is 3.01. The van der Waals surface area contributed by atoms with Gasteiger partial charge in [0.2, 0.25) is 0 Å². The van der Waals surface area contributed by atoms with Crippen LogP contribution in [0.1, 0.15) is 10.4 Å². The number of amides is 1. The number of halogens is 2. The molecule has 0 fully saturated rings. The lowest BCUT2D eigenvalue weighted by Gasteiger charge is -2.06. The molecule has 78 valence electrons. The Morgan fingerprint density at radius 1 is 1.27 bits per heavy atom. The second-order valence-corrected chi connectivity index (χ2v) is 2.91. The summed E-state index contributed by atoms with van der Waals surface area (Å²) in [7, 11) is 1.13. The fourth-order valence-electron chi connectivity index (χ4n) is 1.42. The van der Waals surface area contributed by atoms with E-state index in [-0.39, 0.29) is 11.3 Å². The van der Waals surface area contributed by atoms with Gasteiger partial charge in [-0.15, -0.1) is 0 Å². The smallest absolute Gasteiger partial charge is 0.297 e. The van der Waals surface area contributed by atoms with Crippen molar-refractivity contribution in [3.05, 3.63) is 23.3 Å². The van der Waals surface area contributed by atoms with Crippen LogP contribution in [0.4, 0.5) is 14.5 Å². The molecule has 1 N–H and O–H groups in total. The number of ether oxygens (including phenoxy) is 1. The molecule has 1 aromatic rings. The number of hydrogen-bond acceptors (Lipinski definition) is 3. The molecule has 0 aliphatic carbocycles. The van der Waals surface area contributed by atoms with Gasteiger partial charge in [0, 0.05) is 6.07 Å². The van der Waals surface area contributed by atoms with Crippen molar-refractivity contribution in [2.75, 3.05) is 12.4 Å². The molecule has 4 nitrogen and oxygen atoms in total. The number of ketones is 1. The van der Waals surface area contributed by atoms with E-state index in [1.807, 2.05) is 5.32 Å². The molecule has 0 spiro atoms. The third-order valence-corrected chi connectivity index (χ3v) is 2.06. The molecule has 1 aromatic carbocycles. The van der Waals surface area contributed by atoms with E-state index >= 15 is 0 Å². The van der Waals surface area contributed by atoms with Gasteiger partial charge in [0.15, 0.2) is 17.4 Å². The first-order valence-corrected chi connectivity index (χ1v) is 3.98. The average molecular weight is 213 g/mol. The molecule has 0 aromatic heterocycles. The summed E-state index contributed by atoms with van der Waals surface area (Å²) < 4.78 is 30.9. The lowest BCUT2D eigenvalue weighted by molar-refractivity contribution is -0.112. The zero-order valence-corrected chi connectivity index (χ0v) is 7.56. The number of carbonyl (C=O) groups is 2. The monoisotopic (exact) mass is 213 g/mol. The lowest BCUT2D eigenvalue weighted by atomic mass is 10.1. The van der Waals surface area contributed by atoms with E-state index < -0.39 is 29.1 Å². The van der Waals surface area contributed by atoms with Crippen LogP contribution in [-0.4, -0.2) is 18.8 Å². The minimum absolute atomic E-state index is 0.330. The number of nitrogens with one attached hydrogen (secondary N) is 1. The van der Waals surface area contributed by atoms with E-state index in [4.69, 9.17) is 0 Å². The Kier molecular flexibility index (Phi) is 1.92. The highest BCUT2D eigenvalue weighted by Crippen LogP contribution is 2.36. The van der Waals surface area contributed by atoms with Gasteiger partial charge in [-0.1, -0.05) is 0 Å². The summed E-state index contributed by atoms with van der Waals surface area (Å²) in [6.07, 6.45) is 0. The fourth-order valence-corrected chi connectivity index (χ4v) is 1.42. The Labute approximate surface area is 82.8 Å². The number of anilines is 1. The Balaban J connectivity index is 2.78. The minimum atomic E-state index is -1.02. The van der Waals surface area contributed by atoms with Gasteiger partial charge < -0.3 is 10.1 Å². The fraction of sp³-hybridized carbons (Fsp3) is 0.111.